The number of benzene rings is 2. The first-order valence-corrected chi connectivity index (χ1v) is 17.3. The van der Waals surface area contributed by atoms with Gasteiger partial charge in [-0.2, -0.15) is 5.10 Å². The first-order valence-electron chi connectivity index (χ1n) is 16.3. The van der Waals surface area contributed by atoms with Crippen molar-refractivity contribution < 1.29 is 28.1 Å². The zero-order chi connectivity index (χ0) is 31.6. The zero-order valence-electron chi connectivity index (χ0n) is 26.8. The summed E-state index contributed by atoms with van der Waals surface area (Å²) in [6.07, 6.45) is 7.31. The average molecular weight is 639 g/mol. The van der Waals surface area contributed by atoms with Crippen molar-refractivity contribution in [3.05, 3.63) is 60.4 Å². The number of carbonyl (C=O) groups is 1. The van der Waals surface area contributed by atoms with Crippen LogP contribution in [0.1, 0.15) is 65.7 Å². The maximum absolute atomic E-state index is 13.9. The van der Waals surface area contributed by atoms with E-state index in [-0.39, 0.29) is 24.7 Å². The first-order chi connectivity index (χ1) is 21.7. The topological polar surface area (TPSA) is 71.8 Å². The molecule has 1 unspecified atom stereocenters. The minimum Gasteiger partial charge on any atom is -0.458 e. The van der Waals surface area contributed by atoms with E-state index in [9.17, 15) is 9.18 Å². The van der Waals surface area contributed by atoms with Crippen LogP contribution in [0.3, 0.4) is 0 Å². The van der Waals surface area contributed by atoms with E-state index < -0.39 is 5.60 Å². The first kappa shape index (κ1) is 33.6. The summed E-state index contributed by atoms with van der Waals surface area (Å²) in [7, 11) is 0. The molecule has 244 valence electrons. The highest BCUT2D eigenvalue weighted by Crippen LogP contribution is 2.41. The van der Waals surface area contributed by atoms with E-state index in [2.05, 4.69) is 16.8 Å². The Morgan fingerprint density at radius 3 is 2.40 bits per heavy atom. The standard InChI is InChI=1S/C36H47FN2O5S/c1-36(2,3)44-31(40)25-41-24-27-14-12-26(13-15-27)23-39-35(45-22-21-43-32-11-7-8-20-42-32)33(28-9-5-4-6-10-28)34(38-39)29-16-18-30(37)19-17-29/h4-6,9-10,16-19,26-27,32H,7-8,11-15,20-25H2,1-3H3. The largest absolute Gasteiger partial charge is 0.458 e. The van der Waals surface area contributed by atoms with Gasteiger partial charge in [-0.05, 0) is 107 Å². The van der Waals surface area contributed by atoms with Crippen molar-refractivity contribution in [2.75, 3.05) is 32.2 Å². The van der Waals surface area contributed by atoms with Crippen LogP contribution >= 0.6 is 11.8 Å². The molecule has 7 nitrogen and oxygen atoms in total. The van der Waals surface area contributed by atoms with Gasteiger partial charge in [-0.3, -0.25) is 4.68 Å². The molecular formula is C36H47FN2O5S. The van der Waals surface area contributed by atoms with Crippen LogP contribution in [0.5, 0.6) is 0 Å². The third kappa shape index (κ3) is 10.1. The van der Waals surface area contributed by atoms with Crippen LogP contribution in [-0.4, -0.2) is 59.8 Å². The number of thioether (sulfide) groups is 1. The predicted octanol–water partition coefficient (Wildman–Crippen LogP) is 8.16. The maximum Gasteiger partial charge on any atom is 0.332 e. The zero-order valence-corrected chi connectivity index (χ0v) is 27.7. The molecule has 2 fully saturated rings. The molecular weight excluding hydrogens is 591 g/mol. The molecule has 0 radical (unpaired) electrons. The Kier molecular flexibility index (Phi) is 12.1. The Hall–Kier alpha value is -2.72. The quantitative estimate of drug-likeness (QED) is 0.106. The number of ether oxygens (including phenoxy) is 4. The number of aromatic nitrogens is 2. The number of hydrogen-bond acceptors (Lipinski definition) is 7. The monoisotopic (exact) mass is 638 g/mol. The lowest BCUT2D eigenvalue weighted by atomic mass is 9.82. The van der Waals surface area contributed by atoms with E-state index >= 15 is 0 Å². The molecule has 3 aromatic rings. The summed E-state index contributed by atoms with van der Waals surface area (Å²) in [5, 5.41) is 6.31. The summed E-state index contributed by atoms with van der Waals surface area (Å²) in [6, 6.07) is 17.0. The van der Waals surface area contributed by atoms with Crippen LogP contribution < -0.4 is 0 Å². The highest BCUT2D eigenvalue weighted by Gasteiger charge is 2.27. The molecule has 1 atom stereocenters. The smallest absolute Gasteiger partial charge is 0.332 e. The van der Waals surface area contributed by atoms with Crippen LogP contribution in [-0.2, 0) is 30.3 Å². The van der Waals surface area contributed by atoms with Gasteiger partial charge in [0, 0.05) is 30.0 Å². The molecule has 0 bridgehead atoms. The molecule has 1 saturated heterocycles. The molecule has 2 aromatic carbocycles. The van der Waals surface area contributed by atoms with Gasteiger partial charge in [0.2, 0.25) is 0 Å². The fraction of sp³-hybridized carbons (Fsp3) is 0.556. The molecule has 1 aliphatic carbocycles. The molecule has 1 aromatic heterocycles. The lowest BCUT2D eigenvalue weighted by molar-refractivity contribution is -0.160. The predicted molar refractivity (Wildman–Crippen MR) is 175 cm³/mol. The number of nitrogens with zero attached hydrogens (tertiary/aromatic N) is 2. The van der Waals surface area contributed by atoms with Gasteiger partial charge in [-0.1, -0.05) is 30.3 Å². The van der Waals surface area contributed by atoms with Gasteiger partial charge in [0.25, 0.3) is 0 Å². The number of rotatable bonds is 13. The third-order valence-electron chi connectivity index (χ3n) is 8.24. The Morgan fingerprint density at radius 2 is 1.71 bits per heavy atom. The lowest BCUT2D eigenvalue weighted by Gasteiger charge is -2.29. The second-order valence-corrected chi connectivity index (χ2v) is 14.2. The van der Waals surface area contributed by atoms with Crippen molar-refractivity contribution in [2.24, 2.45) is 11.8 Å². The minimum absolute atomic E-state index is 0.00389. The number of halogens is 1. The second kappa shape index (κ2) is 16.2. The van der Waals surface area contributed by atoms with Crippen molar-refractivity contribution in [3.8, 4) is 22.4 Å². The van der Waals surface area contributed by atoms with Crippen molar-refractivity contribution in [1.82, 2.24) is 9.78 Å². The molecule has 2 heterocycles. The minimum atomic E-state index is -0.504. The fourth-order valence-electron chi connectivity index (χ4n) is 6.06. The fourth-order valence-corrected chi connectivity index (χ4v) is 7.05. The molecule has 0 N–H and O–H groups in total. The Labute approximate surface area is 271 Å². The summed E-state index contributed by atoms with van der Waals surface area (Å²) in [4.78, 5) is 12.0. The van der Waals surface area contributed by atoms with E-state index in [1.165, 1.54) is 12.1 Å². The molecule has 0 spiro atoms. The van der Waals surface area contributed by atoms with E-state index in [1.807, 2.05) is 51.1 Å². The van der Waals surface area contributed by atoms with Gasteiger partial charge >= 0.3 is 5.97 Å². The van der Waals surface area contributed by atoms with Crippen molar-refractivity contribution >= 4 is 17.7 Å². The molecule has 45 heavy (non-hydrogen) atoms. The Balaban J connectivity index is 1.29. The van der Waals surface area contributed by atoms with Crippen LogP contribution in [0.15, 0.2) is 59.6 Å². The van der Waals surface area contributed by atoms with Crippen LogP contribution in [0.4, 0.5) is 4.39 Å². The third-order valence-corrected chi connectivity index (χ3v) is 9.30. The van der Waals surface area contributed by atoms with E-state index in [1.54, 1.807) is 11.8 Å². The highest BCUT2D eigenvalue weighted by molar-refractivity contribution is 7.99. The summed E-state index contributed by atoms with van der Waals surface area (Å²) < 4.78 is 39.0. The van der Waals surface area contributed by atoms with E-state index in [0.29, 0.717) is 25.0 Å². The van der Waals surface area contributed by atoms with Crippen LogP contribution in [0.25, 0.3) is 22.4 Å². The van der Waals surface area contributed by atoms with Crippen molar-refractivity contribution in [3.63, 3.8) is 0 Å². The Bertz CT molecular complexity index is 1340. The number of hydrogen-bond donors (Lipinski definition) is 0. The molecule has 1 aliphatic heterocycles. The van der Waals surface area contributed by atoms with Crippen molar-refractivity contribution in [1.29, 1.82) is 0 Å². The summed E-state index contributed by atoms with van der Waals surface area (Å²) >= 11 is 1.76. The molecule has 0 amide bonds. The van der Waals surface area contributed by atoms with Gasteiger partial charge in [-0.25, -0.2) is 9.18 Å². The van der Waals surface area contributed by atoms with E-state index in [0.717, 1.165) is 91.3 Å². The molecule has 5 rings (SSSR count). The number of carbonyl (C=O) groups excluding carboxylic acids is 1. The normalized spacial score (nSPS) is 20.7. The summed E-state index contributed by atoms with van der Waals surface area (Å²) in [5.41, 5.74) is 3.42. The van der Waals surface area contributed by atoms with Crippen LogP contribution in [0.2, 0.25) is 0 Å². The van der Waals surface area contributed by atoms with Gasteiger partial charge in [0.1, 0.15) is 28.7 Å². The molecule has 9 heteroatoms. The maximum atomic E-state index is 13.9. The van der Waals surface area contributed by atoms with Crippen molar-refractivity contribution in [2.45, 2.75) is 89.2 Å². The molecule has 1 saturated carbocycles. The van der Waals surface area contributed by atoms with Gasteiger partial charge in [-0.15, -0.1) is 11.8 Å². The average Bonchev–Trinajstić information content (AvgIpc) is 3.38. The van der Waals surface area contributed by atoms with Gasteiger partial charge in [0.05, 0.1) is 13.2 Å². The second-order valence-electron chi connectivity index (χ2n) is 13.1. The van der Waals surface area contributed by atoms with Gasteiger partial charge in [0.15, 0.2) is 6.29 Å². The Morgan fingerprint density at radius 1 is 0.978 bits per heavy atom. The lowest BCUT2D eigenvalue weighted by Crippen LogP contribution is -2.28. The highest BCUT2D eigenvalue weighted by atomic mass is 32.2. The summed E-state index contributed by atoms with van der Waals surface area (Å²) in [6.45, 7) is 8.32. The molecule has 2 aliphatic rings. The van der Waals surface area contributed by atoms with Crippen LogP contribution in [0, 0.1) is 17.7 Å². The SMILES string of the molecule is CC(C)(C)OC(=O)COCC1CCC(Cn2nc(-c3ccc(F)cc3)c(-c3ccccc3)c2SCCOC2CCCCO2)CC1. The summed E-state index contributed by atoms with van der Waals surface area (Å²) in [5.74, 6) is 1.10. The van der Waals surface area contributed by atoms with E-state index in [4.69, 9.17) is 24.0 Å². The number of esters is 1. The van der Waals surface area contributed by atoms with Gasteiger partial charge < -0.3 is 18.9 Å².